The van der Waals surface area contributed by atoms with Crippen LogP contribution in [0.3, 0.4) is 0 Å². The van der Waals surface area contributed by atoms with E-state index in [-0.39, 0.29) is 0 Å². The van der Waals surface area contributed by atoms with E-state index < -0.39 is 0 Å². The van der Waals surface area contributed by atoms with E-state index in [1.807, 2.05) is 79.1 Å². The van der Waals surface area contributed by atoms with Gasteiger partial charge in [-0.3, -0.25) is 4.99 Å². The first kappa shape index (κ1) is 21.1. The Balaban J connectivity index is 1.47. The largest absolute Gasteiger partial charge is 0.354 e. The van der Waals surface area contributed by atoms with Crippen molar-refractivity contribution < 1.29 is 0 Å². The van der Waals surface area contributed by atoms with Crippen molar-refractivity contribution in [2.45, 2.75) is 0 Å². The summed E-state index contributed by atoms with van der Waals surface area (Å²) in [6.45, 7) is 0. The van der Waals surface area contributed by atoms with Gasteiger partial charge in [0.25, 0.3) is 0 Å². The van der Waals surface area contributed by atoms with Gasteiger partial charge in [0.2, 0.25) is 5.95 Å². The van der Waals surface area contributed by atoms with Gasteiger partial charge in [-0.1, -0.05) is 78.9 Å². The summed E-state index contributed by atoms with van der Waals surface area (Å²) >= 11 is 0. The van der Waals surface area contributed by atoms with Crippen LogP contribution in [-0.4, -0.2) is 30.9 Å². The molecule has 2 N–H and O–H groups in total. The maximum absolute atomic E-state index is 5.08. The number of nitrogens with zero attached hydrogens (tertiary/aromatic N) is 4. The number of H-pyrrole nitrogens is 2. The molecule has 0 unspecified atom stereocenters. The summed E-state index contributed by atoms with van der Waals surface area (Å²) < 4.78 is 1.80. The van der Waals surface area contributed by atoms with Crippen LogP contribution in [0.4, 0.5) is 5.69 Å². The molecule has 0 saturated carbocycles. The van der Waals surface area contributed by atoms with Crippen molar-refractivity contribution in [2.75, 3.05) is 0 Å². The zero-order valence-corrected chi connectivity index (χ0v) is 19.8. The molecule has 0 amide bonds. The van der Waals surface area contributed by atoms with Crippen molar-refractivity contribution in [3.05, 3.63) is 121 Å². The second-order valence-corrected chi connectivity index (χ2v) is 8.84. The third kappa shape index (κ3) is 3.81. The molecular weight excluding hydrogens is 456 g/mol. The quantitative estimate of drug-likeness (QED) is 0.254. The van der Waals surface area contributed by atoms with Gasteiger partial charge in [-0.25, -0.2) is 9.67 Å². The number of aromatic amines is 2. The topological polar surface area (TPSA) is 74.7 Å². The smallest absolute Gasteiger partial charge is 0.229 e. The van der Waals surface area contributed by atoms with E-state index in [1.165, 1.54) is 0 Å². The lowest BCUT2D eigenvalue weighted by Gasteiger charge is -2.04. The molecule has 0 radical (unpaired) electrons. The third-order valence-electron chi connectivity index (χ3n) is 6.45. The molecule has 0 spiro atoms. The average Bonchev–Trinajstić information content (AvgIpc) is 3.67. The maximum Gasteiger partial charge on any atom is 0.229 e. The van der Waals surface area contributed by atoms with Crippen molar-refractivity contribution in [3.8, 4) is 28.5 Å². The Morgan fingerprint density at radius 1 is 0.703 bits per heavy atom. The molecule has 0 fully saturated rings. The maximum atomic E-state index is 5.08. The first-order valence-corrected chi connectivity index (χ1v) is 12.1. The molecule has 6 nitrogen and oxygen atoms in total. The molecule has 7 aromatic rings. The van der Waals surface area contributed by atoms with Crippen molar-refractivity contribution in [1.82, 2.24) is 24.7 Å². The molecule has 4 aromatic carbocycles. The molecular formula is C31H22N6. The Labute approximate surface area is 213 Å². The van der Waals surface area contributed by atoms with Crippen molar-refractivity contribution in [1.29, 1.82) is 0 Å². The Kier molecular flexibility index (Phi) is 5.00. The lowest BCUT2D eigenvalue weighted by Crippen LogP contribution is -1.97. The monoisotopic (exact) mass is 478 g/mol. The van der Waals surface area contributed by atoms with Gasteiger partial charge < -0.3 is 9.97 Å². The molecule has 7 rings (SSSR count). The zero-order valence-electron chi connectivity index (χ0n) is 19.8. The highest BCUT2D eigenvalue weighted by molar-refractivity contribution is 6.06. The van der Waals surface area contributed by atoms with Crippen LogP contribution in [0.15, 0.2) is 120 Å². The van der Waals surface area contributed by atoms with Crippen LogP contribution < -0.4 is 0 Å². The Bertz CT molecular complexity index is 1840. The number of imidazole rings is 1. The number of rotatable bonds is 5. The summed E-state index contributed by atoms with van der Waals surface area (Å²) in [5.41, 5.74) is 8.67. The molecule has 0 saturated heterocycles. The van der Waals surface area contributed by atoms with Crippen LogP contribution in [0.1, 0.15) is 5.56 Å². The normalized spacial score (nSPS) is 11.7. The van der Waals surface area contributed by atoms with Gasteiger partial charge in [0, 0.05) is 34.4 Å². The van der Waals surface area contributed by atoms with Gasteiger partial charge >= 0.3 is 0 Å². The highest BCUT2D eigenvalue weighted by Gasteiger charge is 2.21. The number of fused-ring (bicyclic) bond motifs is 2. The SMILES string of the molecule is C(=Nc1ccccc1)c1cn(-c2nc3ccccc3[nH]2)nc1-c1c(-c2ccccc2)[nH]c2ccccc12. The van der Waals surface area contributed by atoms with Crippen molar-refractivity contribution in [3.63, 3.8) is 0 Å². The highest BCUT2D eigenvalue weighted by atomic mass is 15.3. The Morgan fingerprint density at radius 2 is 1.41 bits per heavy atom. The second kappa shape index (κ2) is 8.77. The molecule has 0 aliphatic carbocycles. The minimum atomic E-state index is 0.655. The van der Waals surface area contributed by atoms with Crippen LogP contribution in [0.25, 0.3) is 50.4 Å². The molecule has 3 aromatic heterocycles. The standard InChI is InChI=1S/C31H22N6/c1-3-11-21(12-4-1)29-28(24-15-7-8-16-25(24)33-29)30-22(19-32-23-13-5-2-6-14-23)20-37(36-30)31-34-26-17-9-10-18-27(26)35-31/h1-20,33H,(H,34,35). The van der Waals surface area contributed by atoms with E-state index in [1.54, 1.807) is 4.68 Å². The molecule has 6 heteroatoms. The molecule has 176 valence electrons. The fourth-order valence-corrected chi connectivity index (χ4v) is 4.70. The van der Waals surface area contributed by atoms with E-state index in [0.717, 1.165) is 55.7 Å². The summed E-state index contributed by atoms with van der Waals surface area (Å²) in [6.07, 6.45) is 3.86. The van der Waals surface area contributed by atoms with Gasteiger partial charge in [-0.05, 0) is 35.9 Å². The number of hydrogen-bond donors (Lipinski definition) is 2. The van der Waals surface area contributed by atoms with E-state index in [2.05, 4.69) is 52.4 Å². The fourth-order valence-electron chi connectivity index (χ4n) is 4.70. The van der Waals surface area contributed by atoms with Gasteiger partial charge in [-0.15, -0.1) is 0 Å². The van der Waals surface area contributed by atoms with E-state index in [0.29, 0.717) is 5.95 Å². The summed E-state index contributed by atoms with van der Waals surface area (Å²) in [6, 6.07) is 36.6. The van der Waals surface area contributed by atoms with Crippen molar-refractivity contribution in [2.24, 2.45) is 4.99 Å². The Hall–Kier alpha value is -5.23. The van der Waals surface area contributed by atoms with E-state index in [9.17, 15) is 0 Å². The van der Waals surface area contributed by atoms with E-state index >= 15 is 0 Å². The molecule has 0 aliphatic heterocycles. The number of aromatic nitrogens is 5. The number of hydrogen-bond acceptors (Lipinski definition) is 3. The second-order valence-electron chi connectivity index (χ2n) is 8.84. The van der Waals surface area contributed by atoms with Gasteiger partial charge in [0.05, 0.1) is 22.4 Å². The third-order valence-corrected chi connectivity index (χ3v) is 6.45. The summed E-state index contributed by atoms with van der Waals surface area (Å²) in [5, 5.41) is 6.18. The molecule has 3 heterocycles. The lowest BCUT2D eigenvalue weighted by atomic mass is 10.0. The first-order chi connectivity index (χ1) is 18.3. The first-order valence-electron chi connectivity index (χ1n) is 12.1. The summed E-state index contributed by atoms with van der Waals surface area (Å²) in [4.78, 5) is 16.6. The highest BCUT2D eigenvalue weighted by Crippen LogP contribution is 2.39. The fraction of sp³-hybridized carbons (Fsp3) is 0. The van der Waals surface area contributed by atoms with Gasteiger partial charge in [-0.2, -0.15) is 5.10 Å². The minimum Gasteiger partial charge on any atom is -0.354 e. The number of aliphatic imine (C=N–C) groups is 1. The summed E-state index contributed by atoms with van der Waals surface area (Å²) in [7, 11) is 0. The lowest BCUT2D eigenvalue weighted by molar-refractivity contribution is 0.832. The molecule has 0 aliphatic rings. The molecule has 37 heavy (non-hydrogen) atoms. The van der Waals surface area contributed by atoms with Crippen LogP contribution >= 0.6 is 0 Å². The van der Waals surface area contributed by atoms with Crippen LogP contribution in [0.5, 0.6) is 0 Å². The van der Waals surface area contributed by atoms with E-state index in [4.69, 9.17) is 15.1 Å². The summed E-state index contributed by atoms with van der Waals surface area (Å²) in [5.74, 6) is 0.655. The van der Waals surface area contributed by atoms with Crippen LogP contribution in [0.2, 0.25) is 0 Å². The zero-order chi connectivity index (χ0) is 24.6. The van der Waals surface area contributed by atoms with Crippen molar-refractivity contribution >= 4 is 33.8 Å². The number of benzene rings is 4. The Morgan fingerprint density at radius 3 is 2.22 bits per heavy atom. The van der Waals surface area contributed by atoms with Gasteiger partial charge in [0.15, 0.2) is 0 Å². The minimum absolute atomic E-state index is 0.655. The van der Waals surface area contributed by atoms with Crippen LogP contribution in [-0.2, 0) is 0 Å². The van der Waals surface area contributed by atoms with Gasteiger partial charge in [0.1, 0.15) is 5.69 Å². The number of para-hydroxylation sites is 4. The predicted octanol–water partition coefficient (Wildman–Crippen LogP) is 7.31. The van der Waals surface area contributed by atoms with Crippen LogP contribution in [0, 0.1) is 0 Å². The average molecular weight is 479 g/mol. The predicted molar refractivity (Wildman–Crippen MR) is 150 cm³/mol. The number of nitrogens with one attached hydrogen (secondary N) is 2. The molecule has 0 atom stereocenters. The molecule has 0 bridgehead atoms.